The van der Waals surface area contributed by atoms with Gasteiger partial charge in [-0.05, 0) is 18.6 Å². The Kier molecular flexibility index (Phi) is 2.74. The highest BCUT2D eigenvalue weighted by Crippen LogP contribution is 2.34. The van der Waals surface area contributed by atoms with Gasteiger partial charge in [0.1, 0.15) is 0 Å². The molecule has 0 unspecified atom stereocenters. The smallest absolute Gasteiger partial charge is 0.177 e. The first-order valence-corrected chi connectivity index (χ1v) is 6.00. The van der Waals surface area contributed by atoms with Gasteiger partial charge in [0.25, 0.3) is 0 Å². The Labute approximate surface area is 110 Å². The van der Waals surface area contributed by atoms with E-state index in [1.165, 1.54) is 0 Å². The Morgan fingerprint density at radius 2 is 1.79 bits per heavy atom. The summed E-state index contributed by atoms with van der Waals surface area (Å²) in [5.74, 6) is -6.07. The highest BCUT2D eigenvalue weighted by atomic mass is 32.1. The van der Waals surface area contributed by atoms with Gasteiger partial charge in [-0.1, -0.05) is 0 Å². The average molecular weight is 288 g/mol. The molecule has 0 saturated heterocycles. The van der Waals surface area contributed by atoms with Crippen molar-refractivity contribution in [1.29, 1.82) is 0 Å². The number of nitrogens with zero attached hydrogens (tertiary/aromatic N) is 1. The summed E-state index contributed by atoms with van der Waals surface area (Å²) in [6.07, 6.45) is 1.91. The minimum absolute atomic E-state index is 0.203. The van der Waals surface area contributed by atoms with Gasteiger partial charge in [0.15, 0.2) is 28.0 Å². The summed E-state index contributed by atoms with van der Waals surface area (Å²) in [4.78, 5) is 2.81. The molecule has 1 N–H and O–H groups in total. The largest absolute Gasteiger partial charge is 0.337 e. The molecule has 0 radical (unpaired) electrons. The Balaban J connectivity index is 2.08. The maximum atomic E-state index is 13.7. The second-order valence-electron chi connectivity index (χ2n) is 4.48. The van der Waals surface area contributed by atoms with E-state index in [1.54, 1.807) is 10.8 Å². The fourth-order valence-corrected chi connectivity index (χ4v) is 2.73. The quantitative estimate of drug-likeness (QED) is 0.484. The molecule has 2 heterocycles. The van der Waals surface area contributed by atoms with Crippen LogP contribution < -0.4 is 0 Å². The van der Waals surface area contributed by atoms with Crippen LogP contribution in [0.5, 0.6) is 0 Å². The molecule has 7 heteroatoms. The number of rotatable bonds is 1. The molecule has 1 aliphatic rings. The zero-order valence-corrected chi connectivity index (χ0v) is 10.3. The minimum Gasteiger partial charge on any atom is -0.337 e. The molecular formula is C12H8F4N2S. The van der Waals surface area contributed by atoms with Gasteiger partial charge in [0.05, 0.1) is 0 Å². The fraction of sp³-hybridized carbons (Fsp3) is 0.250. The molecule has 1 aromatic carbocycles. The predicted molar refractivity (Wildman–Crippen MR) is 62.3 cm³/mol. The molecule has 2 aromatic rings. The van der Waals surface area contributed by atoms with Gasteiger partial charge in [-0.2, -0.15) is 0 Å². The fourth-order valence-electron chi connectivity index (χ4n) is 2.48. The SMILES string of the molecule is Fc1cc(F)c(F)c([C@H]2Cc3c[nH]c(=S)n3C2)c1F. The van der Waals surface area contributed by atoms with Crippen molar-refractivity contribution in [2.24, 2.45) is 0 Å². The predicted octanol–water partition coefficient (Wildman–Crippen LogP) is 3.44. The van der Waals surface area contributed by atoms with Crippen molar-refractivity contribution in [3.05, 3.63) is 51.6 Å². The first-order chi connectivity index (χ1) is 8.99. The van der Waals surface area contributed by atoms with Gasteiger partial charge in [-0.3, -0.25) is 0 Å². The first kappa shape index (κ1) is 12.4. The van der Waals surface area contributed by atoms with Gasteiger partial charge in [-0.15, -0.1) is 0 Å². The number of H-pyrrole nitrogens is 1. The van der Waals surface area contributed by atoms with Crippen LogP contribution in [0.2, 0.25) is 0 Å². The van der Waals surface area contributed by atoms with Crippen LogP contribution in [0.3, 0.4) is 0 Å². The molecule has 0 bridgehead atoms. The van der Waals surface area contributed by atoms with E-state index in [0.29, 0.717) is 4.77 Å². The Hall–Kier alpha value is -1.63. The van der Waals surface area contributed by atoms with Crippen LogP contribution in [0.25, 0.3) is 0 Å². The molecule has 3 rings (SSSR count). The van der Waals surface area contributed by atoms with Gasteiger partial charge < -0.3 is 9.55 Å². The molecule has 1 atom stereocenters. The lowest BCUT2D eigenvalue weighted by Gasteiger charge is -2.13. The van der Waals surface area contributed by atoms with E-state index in [4.69, 9.17) is 12.2 Å². The van der Waals surface area contributed by atoms with E-state index in [0.717, 1.165) is 5.69 Å². The lowest BCUT2D eigenvalue weighted by molar-refractivity contribution is 0.423. The van der Waals surface area contributed by atoms with Crippen LogP contribution in [0.4, 0.5) is 17.6 Å². The molecule has 0 amide bonds. The maximum Gasteiger partial charge on any atom is 0.177 e. The van der Waals surface area contributed by atoms with Crippen LogP contribution in [-0.2, 0) is 13.0 Å². The summed E-state index contributed by atoms with van der Waals surface area (Å²) in [5.41, 5.74) is 0.217. The van der Waals surface area contributed by atoms with Crippen LogP contribution in [-0.4, -0.2) is 9.55 Å². The lowest BCUT2D eigenvalue weighted by atomic mass is 9.95. The summed E-state index contributed by atoms with van der Waals surface area (Å²) in [6, 6.07) is 0.218. The standard InChI is InChI=1S/C12H8F4N2S/c13-7-2-8(14)11(16)9(10(7)15)5-1-6-3-17-12(19)18(6)4-5/h2-3,5H,1,4H2,(H,17,19)/t5-/m0/s1. The summed E-state index contributed by atoms with van der Waals surface area (Å²) in [7, 11) is 0. The first-order valence-electron chi connectivity index (χ1n) is 5.59. The molecule has 2 nitrogen and oxygen atoms in total. The third-order valence-electron chi connectivity index (χ3n) is 3.37. The zero-order chi connectivity index (χ0) is 13.7. The van der Waals surface area contributed by atoms with E-state index < -0.39 is 34.8 Å². The number of benzene rings is 1. The molecule has 1 aromatic heterocycles. The average Bonchev–Trinajstić information content (AvgIpc) is 2.90. The molecule has 0 saturated carbocycles. The Morgan fingerprint density at radius 1 is 1.16 bits per heavy atom. The molecule has 19 heavy (non-hydrogen) atoms. The Bertz CT molecular complexity index is 693. The van der Waals surface area contributed by atoms with Crippen molar-refractivity contribution >= 4 is 12.2 Å². The monoisotopic (exact) mass is 288 g/mol. The van der Waals surface area contributed by atoms with Crippen LogP contribution in [0.15, 0.2) is 12.3 Å². The van der Waals surface area contributed by atoms with E-state index in [9.17, 15) is 17.6 Å². The van der Waals surface area contributed by atoms with E-state index in [-0.39, 0.29) is 19.0 Å². The molecule has 1 aliphatic heterocycles. The van der Waals surface area contributed by atoms with Crippen molar-refractivity contribution in [2.75, 3.05) is 0 Å². The number of nitrogens with one attached hydrogen (secondary N) is 1. The molecule has 0 fully saturated rings. The lowest BCUT2D eigenvalue weighted by Crippen LogP contribution is -2.10. The molecule has 0 spiro atoms. The number of hydrogen-bond donors (Lipinski definition) is 1. The third-order valence-corrected chi connectivity index (χ3v) is 3.70. The van der Waals surface area contributed by atoms with Crippen molar-refractivity contribution in [2.45, 2.75) is 18.9 Å². The van der Waals surface area contributed by atoms with Crippen molar-refractivity contribution < 1.29 is 17.6 Å². The van der Waals surface area contributed by atoms with Gasteiger partial charge in [0, 0.05) is 36.0 Å². The summed E-state index contributed by atoms with van der Waals surface area (Å²) in [6.45, 7) is 0.203. The number of aromatic amines is 1. The minimum atomic E-state index is -1.38. The summed E-state index contributed by atoms with van der Waals surface area (Å²) < 4.78 is 55.9. The summed E-state index contributed by atoms with van der Waals surface area (Å²) in [5, 5.41) is 0. The number of imidazole rings is 1. The normalized spacial score (nSPS) is 17.8. The number of aromatic nitrogens is 2. The van der Waals surface area contributed by atoms with Gasteiger partial charge in [0.2, 0.25) is 0 Å². The van der Waals surface area contributed by atoms with Gasteiger partial charge in [-0.25, -0.2) is 17.6 Å². The summed E-state index contributed by atoms with van der Waals surface area (Å²) >= 11 is 5.00. The Morgan fingerprint density at radius 3 is 2.37 bits per heavy atom. The van der Waals surface area contributed by atoms with E-state index >= 15 is 0 Å². The van der Waals surface area contributed by atoms with Crippen LogP contribution in [0, 0.1) is 28.0 Å². The van der Waals surface area contributed by atoms with Crippen molar-refractivity contribution in [3.8, 4) is 0 Å². The number of fused-ring (bicyclic) bond motifs is 1. The van der Waals surface area contributed by atoms with E-state index in [1.807, 2.05) is 0 Å². The highest BCUT2D eigenvalue weighted by Gasteiger charge is 2.31. The van der Waals surface area contributed by atoms with Crippen LogP contribution in [0.1, 0.15) is 17.2 Å². The van der Waals surface area contributed by atoms with Crippen molar-refractivity contribution in [1.82, 2.24) is 9.55 Å². The maximum absolute atomic E-state index is 13.7. The number of halogens is 4. The molecule has 100 valence electrons. The second-order valence-corrected chi connectivity index (χ2v) is 4.87. The topological polar surface area (TPSA) is 20.7 Å². The van der Waals surface area contributed by atoms with Gasteiger partial charge >= 0.3 is 0 Å². The molecular weight excluding hydrogens is 280 g/mol. The highest BCUT2D eigenvalue weighted by molar-refractivity contribution is 7.71. The zero-order valence-electron chi connectivity index (χ0n) is 9.51. The van der Waals surface area contributed by atoms with E-state index in [2.05, 4.69) is 4.98 Å². The number of hydrogen-bond acceptors (Lipinski definition) is 1. The van der Waals surface area contributed by atoms with Crippen LogP contribution >= 0.6 is 12.2 Å². The second kappa shape index (κ2) is 4.19. The van der Waals surface area contributed by atoms with Crippen molar-refractivity contribution in [3.63, 3.8) is 0 Å². The molecule has 0 aliphatic carbocycles. The third kappa shape index (κ3) is 1.80.